The van der Waals surface area contributed by atoms with Gasteiger partial charge in [-0.15, -0.1) is 12.4 Å². The van der Waals surface area contributed by atoms with Crippen LogP contribution in [-0.2, 0) is 0 Å². The second-order valence-electron chi connectivity index (χ2n) is 3.32. The second-order valence-corrected chi connectivity index (χ2v) is 3.32. The maximum Gasteiger partial charge on any atom is 0.0192 e. The van der Waals surface area contributed by atoms with Crippen LogP contribution in [0.15, 0.2) is 0 Å². The van der Waals surface area contributed by atoms with E-state index in [1.165, 1.54) is 25.7 Å². The molecule has 2 atom stereocenters. The molecule has 1 saturated carbocycles. The summed E-state index contributed by atoms with van der Waals surface area (Å²) in [5.74, 6) is 0. The van der Waals surface area contributed by atoms with Crippen molar-refractivity contribution in [1.82, 2.24) is 0 Å². The molecule has 0 saturated heterocycles. The van der Waals surface area contributed by atoms with E-state index in [1.807, 2.05) is 0 Å². The lowest BCUT2D eigenvalue weighted by atomic mass is 9.94. The van der Waals surface area contributed by atoms with Crippen LogP contribution < -0.4 is 11.5 Å². The Bertz CT molecular complexity index is 86.1. The van der Waals surface area contributed by atoms with Gasteiger partial charge < -0.3 is 11.5 Å². The van der Waals surface area contributed by atoms with Crippen LogP contribution in [0, 0.1) is 0 Å². The van der Waals surface area contributed by atoms with Crippen molar-refractivity contribution in [2.75, 3.05) is 0 Å². The van der Waals surface area contributed by atoms with Gasteiger partial charge in [0.1, 0.15) is 0 Å². The Kier molecular flexibility index (Phi) is 5.92. The zero-order chi connectivity index (χ0) is 7.40. The molecule has 3 heteroatoms. The molecule has 1 rings (SSSR count). The second kappa shape index (κ2) is 5.81. The van der Waals surface area contributed by atoms with Gasteiger partial charge in [-0.3, -0.25) is 0 Å². The number of hydrogen-bond donors (Lipinski definition) is 2. The zero-order valence-electron chi connectivity index (χ0n) is 6.96. The topological polar surface area (TPSA) is 52.0 Å². The van der Waals surface area contributed by atoms with Gasteiger partial charge in [0.15, 0.2) is 0 Å². The van der Waals surface area contributed by atoms with Crippen LogP contribution >= 0.6 is 12.4 Å². The molecule has 1 fully saturated rings. The standard InChI is InChI=1S/C8H18N2.ClH/c9-7-5-3-1-2-4-6-8(7)10;/h7-8H,1-6,9-10H2;1H/t7-,8+;. The van der Waals surface area contributed by atoms with E-state index in [0.717, 1.165) is 12.8 Å². The third-order valence-electron chi connectivity index (χ3n) is 2.37. The van der Waals surface area contributed by atoms with Crippen LogP contribution in [0.25, 0.3) is 0 Å². The van der Waals surface area contributed by atoms with Crippen molar-refractivity contribution in [2.24, 2.45) is 11.5 Å². The van der Waals surface area contributed by atoms with Gasteiger partial charge in [-0.2, -0.15) is 0 Å². The van der Waals surface area contributed by atoms with E-state index >= 15 is 0 Å². The summed E-state index contributed by atoms with van der Waals surface area (Å²) in [5.41, 5.74) is 11.6. The van der Waals surface area contributed by atoms with Crippen LogP contribution in [0.5, 0.6) is 0 Å². The van der Waals surface area contributed by atoms with Crippen molar-refractivity contribution in [2.45, 2.75) is 50.6 Å². The normalized spacial score (nSPS) is 33.3. The summed E-state index contributed by atoms with van der Waals surface area (Å²) in [4.78, 5) is 0. The van der Waals surface area contributed by atoms with E-state index < -0.39 is 0 Å². The first kappa shape index (κ1) is 11.2. The minimum Gasteiger partial charge on any atom is -0.326 e. The smallest absolute Gasteiger partial charge is 0.0192 e. The highest BCUT2D eigenvalue weighted by molar-refractivity contribution is 5.85. The molecule has 0 bridgehead atoms. The Hall–Kier alpha value is 0.210. The van der Waals surface area contributed by atoms with Gasteiger partial charge in [0.2, 0.25) is 0 Å². The predicted molar refractivity (Wildman–Crippen MR) is 50.9 cm³/mol. The average Bonchev–Trinajstić information content (AvgIpc) is 1.92. The summed E-state index contributed by atoms with van der Waals surface area (Å²) in [7, 11) is 0. The molecule has 11 heavy (non-hydrogen) atoms. The lowest BCUT2D eigenvalue weighted by molar-refractivity contribution is 0.403. The summed E-state index contributed by atoms with van der Waals surface area (Å²) in [6.07, 6.45) is 7.49. The van der Waals surface area contributed by atoms with Crippen LogP contribution in [0.1, 0.15) is 38.5 Å². The first-order valence-electron chi connectivity index (χ1n) is 4.32. The fourth-order valence-corrected chi connectivity index (χ4v) is 1.54. The first-order chi connectivity index (χ1) is 4.80. The quantitative estimate of drug-likeness (QED) is 0.590. The van der Waals surface area contributed by atoms with E-state index in [4.69, 9.17) is 11.5 Å². The highest BCUT2D eigenvalue weighted by atomic mass is 35.5. The summed E-state index contributed by atoms with van der Waals surface area (Å²) in [6, 6.07) is 0.528. The van der Waals surface area contributed by atoms with Crippen molar-refractivity contribution >= 4 is 12.4 Å². The molecule has 0 heterocycles. The minimum absolute atomic E-state index is 0. The monoisotopic (exact) mass is 178 g/mol. The minimum atomic E-state index is 0. The molecule has 0 aromatic rings. The third-order valence-corrected chi connectivity index (χ3v) is 2.37. The van der Waals surface area contributed by atoms with Gasteiger partial charge in [-0.25, -0.2) is 0 Å². The molecule has 0 aliphatic heterocycles. The molecule has 2 nitrogen and oxygen atoms in total. The molecular formula is C8H19ClN2. The Labute approximate surface area is 75.1 Å². The van der Waals surface area contributed by atoms with Crippen molar-refractivity contribution in [3.05, 3.63) is 0 Å². The summed E-state index contributed by atoms with van der Waals surface area (Å²) in [5, 5.41) is 0. The van der Waals surface area contributed by atoms with Gasteiger partial charge in [0.25, 0.3) is 0 Å². The Morgan fingerprint density at radius 1 is 0.727 bits per heavy atom. The molecule has 0 aromatic carbocycles. The molecule has 0 spiro atoms. The van der Waals surface area contributed by atoms with Crippen molar-refractivity contribution < 1.29 is 0 Å². The van der Waals surface area contributed by atoms with Crippen LogP contribution in [0.4, 0.5) is 0 Å². The predicted octanol–water partition coefficient (Wildman–Crippen LogP) is 1.42. The summed E-state index contributed by atoms with van der Waals surface area (Å²) < 4.78 is 0. The summed E-state index contributed by atoms with van der Waals surface area (Å²) >= 11 is 0. The molecule has 0 radical (unpaired) electrons. The highest BCUT2D eigenvalue weighted by Crippen LogP contribution is 2.14. The van der Waals surface area contributed by atoms with Crippen LogP contribution in [-0.4, -0.2) is 12.1 Å². The maximum atomic E-state index is 5.82. The number of hydrogen-bond acceptors (Lipinski definition) is 2. The highest BCUT2D eigenvalue weighted by Gasteiger charge is 2.14. The van der Waals surface area contributed by atoms with Gasteiger partial charge >= 0.3 is 0 Å². The van der Waals surface area contributed by atoms with E-state index in [1.54, 1.807) is 0 Å². The molecule has 1 aliphatic carbocycles. The number of nitrogens with two attached hydrogens (primary N) is 2. The van der Waals surface area contributed by atoms with Crippen LogP contribution in [0.3, 0.4) is 0 Å². The van der Waals surface area contributed by atoms with Crippen molar-refractivity contribution in [3.8, 4) is 0 Å². The fourth-order valence-electron chi connectivity index (χ4n) is 1.54. The third kappa shape index (κ3) is 3.94. The Morgan fingerprint density at radius 3 is 1.45 bits per heavy atom. The molecular weight excluding hydrogens is 160 g/mol. The van der Waals surface area contributed by atoms with Gasteiger partial charge in [0.05, 0.1) is 0 Å². The average molecular weight is 179 g/mol. The molecule has 4 N–H and O–H groups in total. The number of halogens is 1. The maximum absolute atomic E-state index is 5.82. The molecule has 0 unspecified atom stereocenters. The largest absolute Gasteiger partial charge is 0.326 e. The lowest BCUT2D eigenvalue weighted by Gasteiger charge is -2.22. The van der Waals surface area contributed by atoms with Gasteiger partial charge in [-0.1, -0.05) is 25.7 Å². The van der Waals surface area contributed by atoms with Crippen molar-refractivity contribution in [3.63, 3.8) is 0 Å². The van der Waals surface area contributed by atoms with E-state index in [-0.39, 0.29) is 24.5 Å². The van der Waals surface area contributed by atoms with Gasteiger partial charge in [0, 0.05) is 12.1 Å². The lowest BCUT2D eigenvalue weighted by Crippen LogP contribution is -2.41. The fraction of sp³-hybridized carbons (Fsp3) is 1.00. The van der Waals surface area contributed by atoms with Gasteiger partial charge in [-0.05, 0) is 12.8 Å². The Morgan fingerprint density at radius 2 is 1.09 bits per heavy atom. The first-order valence-corrected chi connectivity index (χ1v) is 4.32. The van der Waals surface area contributed by atoms with E-state index in [9.17, 15) is 0 Å². The molecule has 68 valence electrons. The molecule has 1 aliphatic rings. The SMILES string of the molecule is Cl.N[C@@H]1CCCCCC[C@@H]1N. The van der Waals surface area contributed by atoms with E-state index in [2.05, 4.69) is 0 Å². The molecule has 0 amide bonds. The van der Waals surface area contributed by atoms with Crippen molar-refractivity contribution in [1.29, 1.82) is 0 Å². The van der Waals surface area contributed by atoms with E-state index in [0.29, 0.717) is 0 Å². The zero-order valence-corrected chi connectivity index (χ0v) is 7.78. The Balaban J connectivity index is 0.000001000. The molecule has 0 aromatic heterocycles. The summed E-state index contributed by atoms with van der Waals surface area (Å²) in [6.45, 7) is 0. The van der Waals surface area contributed by atoms with Crippen LogP contribution in [0.2, 0.25) is 0 Å². The number of rotatable bonds is 0.